The molecule has 1 aliphatic carbocycles. The molecule has 1 fully saturated rings. The Morgan fingerprint density at radius 2 is 2.06 bits per heavy atom. The number of aliphatic carboxylic acids is 1. The highest BCUT2D eigenvalue weighted by Gasteiger charge is 2.28. The summed E-state index contributed by atoms with van der Waals surface area (Å²) in [6.07, 6.45) is -3.12. The van der Waals surface area contributed by atoms with Gasteiger partial charge in [0, 0.05) is 12.6 Å². The van der Waals surface area contributed by atoms with Crippen LogP contribution in [-0.2, 0) is 9.53 Å². The molecule has 1 atom stereocenters. The van der Waals surface area contributed by atoms with E-state index in [2.05, 4.69) is 5.32 Å². The molecule has 0 aromatic carbocycles. The normalized spacial score (nSPS) is 18.1. The van der Waals surface area contributed by atoms with Gasteiger partial charge in [-0.05, 0) is 19.3 Å². The van der Waals surface area contributed by atoms with E-state index in [0.717, 1.165) is 12.8 Å². The van der Waals surface area contributed by atoms with Crippen molar-refractivity contribution in [3.05, 3.63) is 0 Å². The number of hydrogen-bond donors (Lipinski definition) is 2. The van der Waals surface area contributed by atoms with E-state index in [1.165, 1.54) is 0 Å². The van der Waals surface area contributed by atoms with Gasteiger partial charge in [-0.2, -0.15) is 13.2 Å². The van der Waals surface area contributed by atoms with E-state index in [0.29, 0.717) is 0 Å². The van der Waals surface area contributed by atoms with Crippen LogP contribution >= 0.6 is 0 Å². The van der Waals surface area contributed by atoms with Crippen LogP contribution in [0, 0.1) is 0 Å². The number of nitrogens with one attached hydrogen (secondary N) is 1. The van der Waals surface area contributed by atoms with Gasteiger partial charge >= 0.3 is 12.1 Å². The summed E-state index contributed by atoms with van der Waals surface area (Å²) in [4.78, 5) is 10.8. The summed E-state index contributed by atoms with van der Waals surface area (Å²) in [6, 6.07) is -0.486. The molecule has 0 heterocycles. The Morgan fingerprint density at radius 1 is 1.41 bits per heavy atom. The molecule has 17 heavy (non-hydrogen) atoms. The molecular formula is C10H16F3NO3. The Labute approximate surface area is 97.1 Å². The van der Waals surface area contributed by atoms with Crippen molar-refractivity contribution in [2.45, 2.75) is 43.9 Å². The Kier molecular flexibility index (Phi) is 5.20. The highest BCUT2D eigenvalue weighted by molar-refractivity contribution is 5.73. The molecule has 7 heteroatoms. The summed E-state index contributed by atoms with van der Waals surface area (Å²) in [6.45, 7) is -0.397. The number of rotatable bonds is 8. The molecule has 0 saturated heterocycles. The minimum absolute atomic E-state index is 0.0206. The van der Waals surface area contributed by atoms with Crippen LogP contribution in [0.1, 0.15) is 25.7 Å². The predicted octanol–water partition coefficient (Wildman–Crippen LogP) is 1.55. The van der Waals surface area contributed by atoms with E-state index < -0.39 is 31.2 Å². The first-order valence-corrected chi connectivity index (χ1v) is 5.52. The van der Waals surface area contributed by atoms with Gasteiger partial charge in [-0.1, -0.05) is 0 Å². The lowest BCUT2D eigenvalue weighted by Gasteiger charge is -2.14. The zero-order valence-corrected chi connectivity index (χ0v) is 9.29. The number of carbonyl (C=O) groups is 1. The van der Waals surface area contributed by atoms with E-state index in [4.69, 9.17) is 9.84 Å². The standard InChI is InChI=1S/C10H16F3NO3/c11-10(12,13)4-6-17-5-3-8(9(15)16)14-7-1-2-7/h7-8,14H,1-6H2,(H,15,16). The molecule has 1 aliphatic rings. The summed E-state index contributed by atoms with van der Waals surface area (Å²) in [5, 5.41) is 11.7. The molecule has 1 rings (SSSR count). The lowest BCUT2D eigenvalue weighted by molar-refractivity contribution is -0.147. The average Bonchev–Trinajstić information content (AvgIpc) is 2.97. The minimum Gasteiger partial charge on any atom is -0.480 e. The van der Waals surface area contributed by atoms with Crippen molar-refractivity contribution in [2.75, 3.05) is 13.2 Å². The van der Waals surface area contributed by atoms with Crippen molar-refractivity contribution in [2.24, 2.45) is 0 Å². The zero-order valence-electron chi connectivity index (χ0n) is 9.29. The second-order valence-corrected chi connectivity index (χ2v) is 4.10. The maximum Gasteiger partial charge on any atom is 0.391 e. The molecule has 0 radical (unpaired) electrons. The third-order valence-electron chi connectivity index (χ3n) is 2.39. The summed E-state index contributed by atoms with van der Waals surface area (Å²) < 4.78 is 40.1. The van der Waals surface area contributed by atoms with Crippen molar-refractivity contribution >= 4 is 5.97 Å². The number of halogens is 3. The monoisotopic (exact) mass is 255 g/mol. The first-order chi connectivity index (χ1) is 7.88. The van der Waals surface area contributed by atoms with Gasteiger partial charge in [0.1, 0.15) is 6.04 Å². The van der Waals surface area contributed by atoms with Crippen LogP contribution in [0.25, 0.3) is 0 Å². The van der Waals surface area contributed by atoms with Gasteiger partial charge < -0.3 is 15.2 Å². The van der Waals surface area contributed by atoms with E-state index >= 15 is 0 Å². The number of carboxylic acids is 1. The number of hydrogen-bond acceptors (Lipinski definition) is 3. The number of ether oxygens (including phenoxy) is 1. The van der Waals surface area contributed by atoms with Crippen molar-refractivity contribution < 1.29 is 27.8 Å². The van der Waals surface area contributed by atoms with E-state index in [1.807, 2.05) is 0 Å². The molecule has 0 aliphatic heterocycles. The Morgan fingerprint density at radius 3 is 2.53 bits per heavy atom. The van der Waals surface area contributed by atoms with Crippen LogP contribution in [0.4, 0.5) is 13.2 Å². The fourth-order valence-corrected chi connectivity index (χ4v) is 1.30. The molecule has 1 unspecified atom stereocenters. The summed E-state index contributed by atoms with van der Waals surface area (Å²) >= 11 is 0. The van der Waals surface area contributed by atoms with Gasteiger partial charge in [0.05, 0.1) is 13.0 Å². The van der Waals surface area contributed by atoms with E-state index in [1.54, 1.807) is 0 Å². The number of carboxylic acid groups (broad SMARTS) is 1. The van der Waals surface area contributed by atoms with Crippen LogP contribution in [0.3, 0.4) is 0 Å². The van der Waals surface area contributed by atoms with Gasteiger partial charge in [-0.15, -0.1) is 0 Å². The summed E-state index contributed by atoms with van der Waals surface area (Å²) in [7, 11) is 0. The van der Waals surface area contributed by atoms with Crippen molar-refractivity contribution in [1.29, 1.82) is 0 Å². The highest BCUT2D eigenvalue weighted by atomic mass is 19.4. The minimum atomic E-state index is -4.22. The van der Waals surface area contributed by atoms with E-state index in [9.17, 15) is 18.0 Å². The van der Waals surface area contributed by atoms with Gasteiger partial charge in [-0.3, -0.25) is 4.79 Å². The molecule has 0 amide bonds. The van der Waals surface area contributed by atoms with Crippen LogP contribution in [0.15, 0.2) is 0 Å². The van der Waals surface area contributed by atoms with Crippen LogP contribution in [0.5, 0.6) is 0 Å². The van der Waals surface area contributed by atoms with Crippen LogP contribution in [0.2, 0.25) is 0 Å². The highest BCUT2D eigenvalue weighted by Crippen LogP contribution is 2.20. The lowest BCUT2D eigenvalue weighted by Crippen LogP contribution is -2.39. The Hall–Kier alpha value is -0.820. The molecule has 0 aromatic heterocycles. The van der Waals surface area contributed by atoms with Crippen molar-refractivity contribution in [1.82, 2.24) is 5.32 Å². The van der Waals surface area contributed by atoms with Gasteiger partial charge in [0.15, 0.2) is 0 Å². The fourth-order valence-electron chi connectivity index (χ4n) is 1.30. The molecule has 0 aromatic rings. The molecule has 100 valence electrons. The molecule has 0 spiro atoms. The van der Waals surface area contributed by atoms with Crippen molar-refractivity contribution in [3.8, 4) is 0 Å². The van der Waals surface area contributed by atoms with Gasteiger partial charge in [-0.25, -0.2) is 0 Å². The second-order valence-electron chi connectivity index (χ2n) is 4.10. The summed E-state index contributed by atoms with van der Waals surface area (Å²) in [5.74, 6) is -0.990. The molecule has 0 bridgehead atoms. The maximum atomic E-state index is 11.8. The molecular weight excluding hydrogens is 239 g/mol. The zero-order chi connectivity index (χ0) is 12.9. The number of alkyl halides is 3. The van der Waals surface area contributed by atoms with Gasteiger partial charge in [0.25, 0.3) is 0 Å². The fraction of sp³-hybridized carbons (Fsp3) is 0.900. The average molecular weight is 255 g/mol. The Balaban J connectivity index is 2.07. The largest absolute Gasteiger partial charge is 0.480 e. The Bertz CT molecular complexity index is 254. The maximum absolute atomic E-state index is 11.8. The first-order valence-electron chi connectivity index (χ1n) is 5.52. The quantitative estimate of drug-likeness (QED) is 0.646. The SMILES string of the molecule is O=C(O)C(CCOCCC(F)(F)F)NC1CC1. The van der Waals surface area contributed by atoms with Crippen LogP contribution in [-0.4, -0.2) is 42.5 Å². The smallest absolute Gasteiger partial charge is 0.391 e. The van der Waals surface area contributed by atoms with Gasteiger partial charge in [0.2, 0.25) is 0 Å². The molecule has 4 nitrogen and oxygen atoms in total. The van der Waals surface area contributed by atoms with Crippen LogP contribution < -0.4 is 5.32 Å². The third kappa shape index (κ3) is 7.17. The summed E-state index contributed by atoms with van der Waals surface area (Å²) in [5.41, 5.74) is 0. The first kappa shape index (κ1) is 14.2. The predicted molar refractivity (Wildman–Crippen MR) is 53.7 cm³/mol. The van der Waals surface area contributed by atoms with E-state index in [-0.39, 0.29) is 19.1 Å². The third-order valence-corrected chi connectivity index (χ3v) is 2.39. The lowest BCUT2D eigenvalue weighted by atomic mass is 10.2. The topological polar surface area (TPSA) is 58.6 Å². The molecule has 1 saturated carbocycles. The van der Waals surface area contributed by atoms with Crippen molar-refractivity contribution in [3.63, 3.8) is 0 Å². The second kappa shape index (κ2) is 6.20. The molecule has 2 N–H and O–H groups in total.